The Morgan fingerprint density at radius 3 is 2.46 bits per heavy atom. The van der Waals surface area contributed by atoms with Gasteiger partial charge in [-0.3, -0.25) is 14.8 Å². The molecule has 3 N–H and O–H groups in total. The topological polar surface area (TPSA) is 80.9 Å². The van der Waals surface area contributed by atoms with Gasteiger partial charge in [-0.2, -0.15) is 0 Å². The Hall–Kier alpha value is -2.86. The summed E-state index contributed by atoms with van der Waals surface area (Å²) in [7, 11) is 0. The van der Waals surface area contributed by atoms with Gasteiger partial charge in [0.1, 0.15) is 5.37 Å². The molecule has 3 aromatic rings. The minimum Gasteiger partial charge on any atom is -0.368 e. The number of nitrogens with zero attached hydrogens (tertiary/aromatic N) is 2. The molecule has 1 aliphatic rings. The van der Waals surface area contributed by atoms with Crippen LogP contribution in [0.3, 0.4) is 0 Å². The quantitative estimate of drug-likeness (QED) is 0.744. The highest BCUT2D eigenvalue weighted by Gasteiger charge is 2.22. The van der Waals surface area contributed by atoms with Crippen LogP contribution in [0.15, 0.2) is 78.2 Å². The van der Waals surface area contributed by atoms with Crippen LogP contribution in [-0.2, 0) is 0 Å². The van der Waals surface area contributed by atoms with E-state index in [1.807, 2.05) is 36.3 Å². The number of amides is 1. The molecular weight excluding hydrogens is 320 g/mol. The third-order valence-electron chi connectivity index (χ3n) is 3.36. The Morgan fingerprint density at radius 1 is 1.04 bits per heavy atom. The standard InChI is InChI=1S/C12H10N2S.C6H6N2O.H2/c1-2-4-9(5-3-1)12-14-10-6-7-13-8-11(10)15-12;7-6(9)5-2-1-3-8-4-5;/h1-8,12,14H;1-4H,(H2,7,9);1H. The molecule has 122 valence electrons. The van der Waals surface area contributed by atoms with E-state index >= 15 is 0 Å². The van der Waals surface area contributed by atoms with E-state index in [9.17, 15) is 4.79 Å². The molecule has 1 aliphatic heterocycles. The van der Waals surface area contributed by atoms with Crippen molar-refractivity contribution in [2.24, 2.45) is 5.73 Å². The summed E-state index contributed by atoms with van der Waals surface area (Å²) in [6, 6.07) is 15.8. The number of benzene rings is 1. The van der Waals surface area contributed by atoms with Crippen molar-refractivity contribution < 1.29 is 6.22 Å². The third kappa shape index (κ3) is 3.91. The number of pyridine rings is 2. The van der Waals surface area contributed by atoms with Gasteiger partial charge in [0, 0.05) is 26.2 Å². The van der Waals surface area contributed by atoms with Crippen molar-refractivity contribution in [1.82, 2.24) is 9.97 Å². The van der Waals surface area contributed by atoms with Crippen molar-refractivity contribution in [3.8, 4) is 0 Å². The molecule has 0 spiro atoms. The number of nitrogens with one attached hydrogen (secondary N) is 1. The van der Waals surface area contributed by atoms with Crippen LogP contribution in [0.25, 0.3) is 0 Å². The highest BCUT2D eigenvalue weighted by molar-refractivity contribution is 8.00. The normalized spacial score (nSPS) is 14.8. The maximum absolute atomic E-state index is 10.4. The third-order valence-corrected chi connectivity index (χ3v) is 4.57. The molecule has 0 bridgehead atoms. The number of thioether (sulfide) groups is 1. The number of primary amides is 1. The van der Waals surface area contributed by atoms with Crippen LogP contribution in [0, 0.1) is 0 Å². The molecular formula is C18H18N4OS. The molecule has 1 aromatic carbocycles. The monoisotopic (exact) mass is 338 g/mol. The Balaban J connectivity index is 0.000000196. The van der Waals surface area contributed by atoms with Crippen LogP contribution < -0.4 is 11.1 Å². The molecule has 0 saturated heterocycles. The molecule has 4 rings (SSSR count). The lowest BCUT2D eigenvalue weighted by Crippen LogP contribution is -2.10. The van der Waals surface area contributed by atoms with Crippen molar-refractivity contribution in [2.75, 3.05) is 5.32 Å². The second kappa shape index (κ2) is 7.61. The zero-order valence-electron chi connectivity index (χ0n) is 12.8. The molecule has 1 atom stereocenters. The highest BCUT2D eigenvalue weighted by Crippen LogP contribution is 2.45. The number of nitrogens with two attached hydrogens (primary N) is 1. The van der Waals surface area contributed by atoms with Crippen molar-refractivity contribution in [3.05, 3.63) is 84.4 Å². The number of carbonyl (C=O) groups excluding carboxylic acids is 1. The van der Waals surface area contributed by atoms with Crippen LogP contribution in [-0.4, -0.2) is 15.9 Å². The molecule has 2 aromatic heterocycles. The number of hydrogen-bond acceptors (Lipinski definition) is 5. The number of fused-ring (bicyclic) bond motifs is 1. The molecule has 1 amide bonds. The second-order valence-electron chi connectivity index (χ2n) is 5.03. The van der Waals surface area contributed by atoms with Gasteiger partial charge in [-0.05, 0) is 23.8 Å². The summed E-state index contributed by atoms with van der Waals surface area (Å²) >= 11 is 1.82. The molecule has 1 unspecified atom stereocenters. The molecule has 0 aliphatic carbocycles. The second-order valence-corrected chi connectivity index (χ2v) is 6.18. The lowest BCUT2D eigenvalue weighted by molar-refractivity contribution is 0.1000. The highest BCUT2D eigenvalue weighted by atomic mass is 32.2. The Labute approximate surface area is 145 Å². The SMILES string of the molecule is NC(=O)c1cccnc1.[HH].c1ccc(C2Nc3ccncc3S2)cc1. The van der Waals surface area contributed by atoms with Gasteiger partial charge in [0.25, 0.3) is 0 Å². The molecule has 0 fully saturated rings. The van der Waals surface area contributed by atoms with Crippen molar-refractivity contribution in [3.63, 3.8) is 0 Å². The smallest absolute Gasteiger partial charge is 0.250 e. The number of anilines is 1. The van der Waals surface area contributed by atoms with Crippen LogP contribution >= 0.6 is 11.8 Å². The van der Waals surface area contributed by atoms with E-state index in [0.29, 0.717) is 10.9 Å². The maximum Gasteiger partial charge on any atom is 0.250 e. The summed E-state index contributed by atoms with van der Waals surface area (Å²) < 4.78 is 0. The first-order valence-corrected chi connectivity index (χ1v) is 8.24. The van der Waals surface area contributed by atoms with E-state index < -0.39 is 5.91 Å². The van der Waals surface area contributed by atoms with Crippen LogP contribution in [0.1, 0.15) is 22.7 Å². The lowest BCUT2D eigenvalue weighted by atomic mass is 10.2. The summed E-state index contributed by atoms with van der Waals surface area (Å²) in [5.74, 6) is -0.442. The maximum atomic E-state index is 10.4. The largest absolute Gasteiger partial charge is 0.368 e. The molecule has 5 nitrogen and oxygen atoms in total. The Kier molecular flexibility index (Phi) is 5.08. The Bertz CT molecular complexity index is 793. The van der Waals surface area contributed by atoms with E-state index in [0.717, 1.165) is 0 Å². The van der Waals surface area contributed by atoms with E-state index in [-0.39, 0.29) is 1.43 Å². The molecule has 0 radical (unpaired) electrons. The zero-order valence-corrected chi connectivity index (χ0v) is 13.6. The van der Waals surface area contributed by atoms with Gasteiger partial charge in [-0.25, -0.2) is 0 Å². The average molecular weight is 338 g/mol. The first-order valence-electron chi connectivity index (χ1n) is 7.36. The van der Waals surface area contributed by atoms with Crippen molar-refractivity contribution in [1.29, 1.82) is 0 Å². The number of aromatic nitrogens is 2. The van der Waals surface area contributed by atoms with Gasteiger partial charge in [-0.15, -0.1) is 0 Å². The number of hydrogen-bond donors (Lipinski definition) is 2. The summed E-state index contributed by atoms with van der Waals surface area (Å²) in [6.07, 6.45) is 6.75. The molecule has 0 saturated carbocycles. The van der Waals surface area contributed by atoms with Gasteiger partial charge >= 0.3 is 0 Å². The Morgan fingerprint density at radius 2 is 1.83 bits per heavy atom. The van der Waals surface area contributed by atoms with E-state index in [1.54, 1.807) is 18.3 Å². The van der Waals surface area contributed by atoms with Crippen molar-refractivity contribution in [2.45, 2.75) is 10.3 Å². The van der Waals surface area contributed by atoms with Gasteiger partial charge in [0.2, 0.25) is 5.91 Å². The van der Waals surface area contributed by atoms with E-state index in [4.69, 9.17) is 5.73 Å². The van der Waals surface area contributed by atoms with E-state index in [1.165, 1.54) is 22.3 Å². The summed E-state index contributed by atoms with van der Waals surface area (Å²) in [5.41, 5.74) is 7.87. The summed E-state index contributed by atoms with van der Waals surface area (Å²) in [5, 5.41) is 3.80. The van der Waals surface area contributed by atoms with Crippen LogP contribution in [0.4, 0.5) is 5.69 Å². The van der Waals surface area contributed by atoms with Crippen molar-refractivity contribution >= 4 is 23.4 Å². The molecule has 6 heteroatoms. The summed E-state index contributed by atoms with van der Waals surface area (Å²) in [4.78, 5) is 19.4. The average Bonchev–Trinajstić information content (AvgIpc) is 3.08. The van der Waals surface area contributed by atoms with Crippen LogP contribution in [0.2, 0.25) is 0 Å². The first-order chi connectivity index (χ1) is 11.7. The minimum absolute atomic E-state index is 0. The number of rotatable bonds is 2. The lowest BCUT2D eigenvalue weighted by Gasteiger charge is -2.09. The predicted octanol–water partition coefficient (Wildman–Crippen LogP) is 3.72. The van der Waals surface area contributed by atoms with E-state index in [2.05, 4.69) is 39.6 Å². The first kappa shape index (κ1) is 16.0. The van der Waals surface area contributed by atoms with Gasteiger partial charge in [-0.1, -0.05) is 42.1 Å². The fraction of sp³-hybridized carbons (Fsp3) is 0.0556. The van der Waals surface area contributed by atoms with Gasteiger partial charge in [0.15, 0.2) is 0 Å². The van der Waals surface area contributed by atoms with Crippen LogP contribution in [0.5, 0.6) is 0 Å². The number of carbonyl (C=O) groups is 1. The van der Waals surface area contributed by atoms with Gasteiger partial charge < -0.3 is 11.1 Å². The fourth-order valence-corrected chi connectivity index (χ4v) is 3.29. The van der Waals surface area contributed by atoms with Gasteiger partial charge in [0.05, 0.1) is 16.1 Å². The molecule has 3 heterocycles. The molecule has 24 heavy (non-hydrogen) atoms. The predicted molar refractivity (Wildman–Crippen MR) is 97.8 cm³/mol. The fourth-order valence-electron chi connectivity index (χ4n) is 2.18. The minimum atomic E-state index is -0.442. The zero-order chi connectivity index (χ0) is 16.8. The summed E-state index contributed by atoms with van der Waals surface area (Å²) in [6.45, 7) is 0.